The van der Waals surface area contributed by atoms with E-state index in [2.05, 4.69) is 10.2 Å². The average molecular weight is 536 g/mol. The quantitative estimate of drug-likeness (QED) is 0.387. The Kier molecular flexibility index (Phi) is 9.02. The second kappa shape index (κ2) is 12.6. The molecule has 2 amide bonds. The molecule has 3 aromatic carbocycles. The van der Waals surface area contributed by atoms with E-state index in [1.54, 1.807) is 13.2 Å². The first kappa shape index (κ1) is 27.2. The zero-order chi connectivity index (χ0) is 27.1. The van der Waals surface area contributed by atoms with Crippen LogP contribution in [-0.4, -0.2) is 48.7 Å². The minimum absolute atomic E-state index is 0.201. The van der Waals surface area contributed by atoms with Crippen LogP contribution >= 0.6 is 12.2 Å². The lowest BCUT2D eigenvalue weighted by Crippen LogP contribution is -2.48. The molecule has 9 heteroatoms. The third-order valence-corrected chi connectivity index (χ3v) is 7.10. The van der Waals surface area contributed by atoms with Gasteiger partial charge in [-0.1, -0.05) is 49.6 Å². The van der Waals surface area contributed by atoms with Gasteiger partial charge in [0.15, 0.2) is 23.2 Å². The van der Waals surface area contributed by atoms with Crippen LogP contribution in [-0.2, 0) is 11.3 Å². The number of primary amides is 1. The van der Waals surface area contributed by atoms with Crippen LogP contribution in [0.2, 0.25) is 0 Å². The molecule has 3 aromatic rings. The fourth-order valence-corrected chi connectivity index (χ4v) is 5.14. The molecule has 1 aliphatic rings. The number of rotatable bonds is 9. The largest absolute Gasteiger partial charge is 0.496 e. The number of hydrogen-bond acceptors (Lipinski definition) is 6. The Morgan fingerprint density at radius 1 is 0.947 bits per heavy atom. The maximum Gasteiger partial charge on any atom is 0.261 e. The molecule has 0 saturated heterocycles. The second-order valence-corrected chi connectivity index (χ2v) is 9.71. The lowest BCUT2D eigenvalue weighted by Gasteiger charge is -2.36. The Bertz CT molecular complexity index is 1320. The summed E-state index contributed by atoms with van der Waals surface area (Å²) >= 11 is 5.81. The number of amides is 2. The predicted octanol–water partition coefficient (Wildman–Crippen LogP) is 4.57. The first-order valence-corrected chi connectivity index (χ1v) is 13.1. The van der Waals surface area contributed by atoms with E-state index in [0.717, 1.165) is 42.0 Å². The van der Waals surface area contributed by atoms with E-state index in [0.29, 0.717) is 34.5 Å². The number of thiocarbonyl (C=S) groups is 1. The highest BCUT2D eigenvalue weighted by molar-refractivity contribution is 7.80. The number of ether oxygens (including phenoxy) is 3. The van der Waals surface area contributed by atoms with Crippen molar-refractivity contribution in [1.82, 2.24) is 10.2 Å². The van der Waals surface area contributed by atoms with Crippen LogP contribution in [0.4, 0.5) is 0 Å². The van der Waals surface area contributed by atoms with E-state index in [9.17, 15) is 9.59 Å². The molecule has 0 bridgehead atoms. The van der Waals surface area contributed by atoms with Crippen LogP contribution in [0.1, 0.15) is 48.0 Å². The number of methoxy groups -OCH3 is 2. The fraction of sp³-hybridized carbons (Fsp3) is 0.345. The van der Waals surface area contributed by atoms with Crippen molar-refractivity contribution >= 4 is 39.9 Å². The standard InChI is InChI=1S/C29H33N3O5S/c1-35-25-16-21-9-7-6-8-20(21)15-23(25)28(34)31-29(38)32(22-10-4-3-5-11-22)17-19-12-13-24(26(14-19)36-2)37-18-27(30)33/h6-9,12-16,22H,3-5,10-11,17-18H2,1-2H3,(H2,30,33)(H,31,34,38). The normalized spacial score (nSPS) is 13.5. The summed E-state index contributed by atoms with van der Waals surface area (Å²) in [6.07, 6.45) is 5.40. The van der Waals surface area contributed by atoms with E-state index < -0.39 is 5.91 Å². The van der Waals surface area contributed by atoms with E-state index in [1.165, 1.54) is 13.5 Å². The van der Waals surface area contributed by atoms with Gasteiger partial charge >= 0.3 is 0 Å². The molecular weight excluding hydrogens is 502 g/mol. The molecule has 0 spiro atoms. The van der Waals surface area contributed by atoms with Crippen LogP contribution in [0.15, 0.2) is 54.6 Å². The van der Waals surface area contributed by atoms with Crippen molar-refractivity contribution < 1.29 is 23.8 Å². The Morgan fingerprint density at radius 2 is 1.63 bits per heavy atom. The van der Waals surface area contributed by atoms with Crippen LogP contribution in [0, 0.1) is 0 Å². The van der Waals surface area contributed by atoms with Crippen molar-refractivity contribution in [3.63, 3.8) is 0 Å². The van der Waals surface area contributed by atoms with E-state index >= 15 is 0 Å². The lowest BCUT2D eigenvalue weighted by atomic mass is 9.94. The number of fused-ring (bicyclic) bond motifs is 1. The molecule has 0 aromatic heterocycles. The number of nitrogens with two attached hydrogens (primary N) is 1. The zero-order valence-electron chi connectivity index (χ0n) is 21.7. The summed E-state index contributed by atoms with van der Waals surface area (Å²) in [5, 5.41) is 5.26. The maximum absolute atomic E-state index is 13.4. The van der Waals surface area contributed by atoms with Gasteiger partial charge < -0.3 is 24.8 Å². The topological polar surface area (TPSA) is 103 Å². The summed E-state index contributed by atoms with van der Waals surface area (Å²) < 4.78 is 16.5. The second-order valence-electron chi connectivity index (χ2n) is 9.32. The van der Waals surface area contributed by atoms with Crippen molar-refractivity contribution in [3.8, 4) is 17.2 Å². The highest BCUT2D eigenvalue weighted by Gasteiger charge is 2.26. The Morgan fingerprint density at radius 3 is 2.29 bits per heavy atom. The number of carbonyl (C=O) groups is 2. The van der Waals surface area contributed by atoms with Crippen molar-refractivity contribution in [2.45, 2.75) is 44.7 Å². The van der Waals surface area contributed by atoms with Gasteiger partial charge in [-0.2, -0.15) is 0 Å². The summed E-state index contributed by atoms with van der Waals surface area (Å²) in [7, 11) is 3.09. The Hall–Kier alpha value is -3.85. The number of benzene rings is 3. The molecule has 200 valence electrons. The van der Waals surface area contributed by atoms with Crippen molar-refractivity contribution in [2.75, 3.05) is 20.8 Å². The van der Waals surface area contributed by atoms with E-state index in [4.69, 9.17) is 32.2 Å². The molecule has 38 heavy (non-hydrogen) atoms. The Labute approximate surface area is 228 Å². The SMILES string of the molecule is COc1cc(CN(C(=S)NC(=O)c2cc3ccccc3cc2OC)C2CCCCC2)ccc1OCC(N)=O. The van der Waals surface area contributed by atoms with Crippen molar-refractivity contribution in [2.24, 2.45) is 5.73 Å². The third kappa shape index (κ3) is 6.52. The number of nitrogens with zero attached hydrogens (tertiary/aromatic N) is 1. The lowest BCUT2D eigenvalue weighted by molar-refractivity contribution is -0.119. The van der Waals surface area contributed by atoms with Crippen LogP contribution < -0.4 is 25.3 Å². The maximum atomic E-state index is 13.4. The van der Waals surface area contributed by atoms with Crippen molar-refractivity contribution in [1.29, 1.82) is 0 Å². The molecule has 8 nitrogen and oxygen atoms in total. The molecule has 1 aliphatic carbocycles. The van der Waals surface area contributed by atoms with Crippen LogP contribution in [0.5, 0.6) is 17.2 Å². The fourth-order valence-electron chi connectivity index (χ4n) is 4.84. The van der Waals surface area contributed by atoms with Crippen LogP contribution in [0.25, 0.3) is 10.8 Å². The first-order valence-electron chi connectivity index (χ1n) is 12.7. The van der Waals surface area contributed by atoms with Crippen LogP contribution in [0.3, 0.4) is 0 Å². The van der Waals surface area contributed by atoms with Gasteiger partial charge in [0.05, 0.1) is 19.8 Å². The Balaban J connectivity index is 1.57. The van der Waals surface area contributed by atoms with Gasteiger partial charge in [0.2, 0.25) is 0 Å². The third-order valence-electron chi connectivity index (χ3n) is 6.76. The monoisotopic (exact) mass is 535 g/mol. The summed E-state index contributed by atoms with van der Waals surface area (Å²) in [5.74, 6) is 0.529. The summed E-state index contributed by atoms with van der Waals surface area (Å²) in [5.41, 5.74) is 6.56. The molecule has 0 atom stereocenters. The van der Waals surface area contributed by atoms with Gasteiger partial charge in [-0.15, -0.1) is 0 Å². The zero-order valence-corrected chi connectivity index (χ0v) is 22.5. The van der Waals surface area contributed by atoms with Gasteiger partial charge in [-0.3, -0.25) is 14.9 Å². The molecular formula is C29H33N3O5S. The molecule has 3 N–H and O–H groups in total. The number of carbonyl (C=O) groups excluding carboxylic acids is 2. The van der Waals surface area contributed by atoms with E-state index in [-0.39, 0.29) is 18.6 Å². The smallest absolute Gasteiger partial charge is 0.261 e. The molecule has 0 unspecified atom stereocenters. The van der Waals surface area contributed by atoms with Gasteiger partial charge in [0.25, 0.3) is 11.8 Å². The number of hydrogen-bond donors (Lipinski definition) is 2. The van der Waals surface area contributed by atoms with Crippen molar-refractivity contribution in [3.05, 3.63) is 65.7 Å². The minimum Gasteiger partial charge on any atom is -0.496 e. The highest BCUT2D eigenvalue weighted by atomic mass is 32.1. The number of nitrogens with one attached hydrogen (secondary N) is 1. The van der Waals surface area contributed by atoms with Gasteiger partial charge in [-0.25, -0.2) is 0 Å². The first-order chi connectivity index (χ1) is 18.4. The minimum atomic E-state index is -0.566. The van der Waals surface area contributed by atoms with E-state index in [1.807, 2.05) is 48.5 Å². The molecule has 0 radical (unpaired) electrons. The molecule has 1 saturated carbocycles. The molecule has 0 aliphatic heterocycles. The average Bonchev–Trinajstić information content (AvgIpc) is 2.94. The highest BCUT2D eigenvalue weighted by Crippen LogP contribution is 2.31. The summed E-state index contributed by atoms with van der Waals surface area (Å²) in [6, 6.07) is 17.2. The summed E-state index contributed by atoms with van der Waals surface area (Å²) in [4.78, 5) is 26.6. The molecule has 4 rings (SSSR count). The van der Waals surface area contributed by atoms with Gasteiger partial charge in [-0.05, 0) is 65.7 Å². The summed E-state index contributed by atoms with van der Waals surface area (Å²) in [6.45, 7) is 0.239. The molecule has 0 heterocycles. The van der Waals surface area contributed by atoms with Gasteiger partial charge in [0.1, 0.15) is 5.75 Å². The predicted molar refractivity (Wildman–Crippen MR) is 151 cm³/mol. The molecule has 1 fully saturated rings. The van der Waals surface area contributed by atoms with Gasteiger partial charge in [0, 0.05) is 12.6 Å².